The topological polar surface area (TPSA) is 86.8 Å². The van der Waals surface area contributed by atoms with Crippen LogP contribution in [0.5, 0.6) is 11.5 Å². The third-order valence-corrected chi connectivity index (χ3v) is 5.72. The van der Waals surface area contributed by atoms with Crippen LogP contribution in [-0.4, -0.2) is 37.3 Å². The molecule has 2 aromatic carbocycles. The SMILES string of the molecule is COC(=O)CC(c1ccccc1)C(C(=O)NCCc1ccc2c(c1)OCO2)c1cccnc1. The molecule has 33 heavy (non-hydrogen) atoms. The van der Waals surface area contributed by atoms with E-state index in [1.807, 2.05) is 54.6 Å². The normalized spacial score (nSPS) is 13.7. The number of rotatable bonds is 9. The zero-order valence-corrected chi connectivity index (χ0v) is 18.4. The van der Waals surface area contributed by atoms with E-state index in [1.54, 1.807) is 18.5 Å². The molecule has 1 amide bonds. The molecule has 0 bridgehead atoms. The minimum absolute atomic E-state index is 0.0790. The number of esters is 1. The molecule has 1 N–H and O–H groups in total. The summed E-state index contributed by atoms with van der Waals surface area (Å²) >= 11 is 0. The van der Waals surface area contributed by atoms with Crippen molar-refractivity contribution in [1.82, 2.24) is 10.3 Å². The van der Waals surface area contributed by atoms with Crippen molar-refractivity contribution in [2.24, 2.45) is 0 Å². The molecule has 0 aliphatic carbocycles. The molecule has 0 radical (unpaired) electrons. The summed E-state index contributed by atoms with van der Waals surface area (Å²) < 4.78 is 15.7. The third-order valence-electron chi connectivity index (χ3n) is 5.72. The van der Waals surface area contributed by atoms with Crippen LogP contribution in [0.25, 0.3) is 0 Å². The van der Waals surface area contributed by atoms with E-state index in [-0.39, 0.29) is 25.1 Å². The second kappa shape index (κ2) is 10.6. The standard InChI is InChI=1S/C26H26N2O5/c1-31-24(29)15-21(19-6-3-2-4-7-19)25(20-8-5-12-27-16-20)26(30)28-13-11-18-9-10-22-23(14-18)33-17-32-22/h2-10,12,14,16,21,25H,11,13,15,17H2,1H3,(H,28,30). The largest absolute Gasteiger partial charge is 0.469 e. The number of amides is 1. The lowest BCUT2D eigenvalue weighted by molar-refractivity contribution is -0.141. The highest BCUT2D eigenvalue weighted by molar-refractivity contribution is 5.86. The maximum atomic E-state index is 13.5. The van der Waals surface area contributed by atoms with Gasteiger partial charge >= 0.3 is 5.97 Å². The predicted octanol–water partition coefficient (Wildman–Crippen LogP) is 3.60. The van der Waals surface area contributed by atoms with Crippen molar-refractivity contribution in [1.29, 1.82) is 0 Å². The number of fused-ring (bicyclic) bond motifs is 1. The minimum Gasteiger partial charge on any atom is -0.469 e. The van der Waals surface area contributed by atoms with E-state index in [1.165, 1.54) is 7.11 Å². The number of benzene rings is 2. The number of aromatic nitrogens is 1. The molecule has 2 unspecified atom stereocenters. The van der Waals surface area contributed by atoms with Gasteiger partial charge in [0.2, 0.25) is 12.7 Å². The Morgan fingerprint density at radius 1 is 1.03 bits per heavy atom. The Balaban J connectivity index is 1.54. The summed E-state index contributed by atoms with van der Waals surface area (Å²) in [6, 6.07) is 19.0. The maximum absolute atomic E-state index is 13.5. The van der Waals surface area contributed by atoms with Crippen LogP contribution in [0.2, 0.25) is 0 Å². The number of hydrogen-bond acceptors (Lipinski definition) is 6. The number of carbonyl (C=O) groups is 2. The summed E-state index contributed by atoms with van der Waals surface area (Å²) in [5, 5.41) is 3.05. The molecule has 0 saturated carbocycles. The second-order valence-corrected chi connectivity index (χ2v) is 7.79. The van der Waals surface area contributed by atoms with Gasteiger partial charge in [0, 0.05) is 24.9 Å². The average molecular weight is 447 g/mol. The van der Waals surface area contributed by atoms with E-state index in [4.69, 9.17) is 14.2 Å². The van der Waals surface area contributed by atoms with E-state index in [0.717, 1.165) is 22.4 Å². The van der Waals surface area contributed by atoms with Crippen LogP contribution in [0.1, 0.15) is 34.9 Å². The van der Waals surface area contributed by atoms with Crippen molar-refractivity contribution in [3.8, 4) is 11.5 Å². The van der Waals surface area contributed by atoms with E-state index in [9.17, 15) is 9.59 Å². The number of pyridine rings is 1. The summed E-state index contributed by atoms with van der Waals surface area (Å²) in [6.45, 7) is 0.665. The van der Waals surface area contributed by atoms with Crippen molar-refractivity contribution >= 4 is 11.9 Å². The molecular formula is C26H26N2O5. The van der Waals surface area contributed by atoms with E-state index in [2.05, 4.69) is 10.3 Å². The Morgan fingerprint density at radius 3 is 2.58 bits per heavy atom. The molecule has 0 fully saturated rings. The molecular weight excluding hydrogens is 420 g/mol. The minimum atomic E-state index is -0.600. The Kier molecular flexibility index (Phi) is 7.19. The number of nitrogens with zero attached hydrogens (tertiary/aromatic N) is 1. The van der Waals surface area contributed by atoms with Gasteiger partial charge in [-0.05, 0) is 41.3 Å². The summed E-state index contributed by atoms with van der Waals surface area (Å²) in [7, 11) is 1.36. The van der Waals surface area contributed by atoms with Gasteiger partial charge in [0.15, 0.2) is 11.5 Å². The fraction of sp³-hybridized carbons (Fsp3) is 0.269. The fourth-order valence-electron chi connectivity index (χ4n) is 4.05. The van der Waals surface area contributed by atoms with Crippen LogP contribution < -0.4 is 14.8 Å². The molecule has 2 atom stereocenters. The van der Waals surface area contributed by atoms with Gasteiger partial charge in [0.25, 0.3) is 0 Å². The van der Waals surface area contributed by atoms with Gasteiger partial charge in [-0.15, -0.1) is 0 Å². The van der Waals surface area contributed by atoms with Crippen molar-refractivity contribution in [2.75, 3.05) is 20.4 Å². The lowest BCUT2D eigenvalue weighted by Crippen LogP contribution is -2.35. The lowest BCUT2D eigenvalue weighted by atomic mass is 9.79. The summed E-state index contributed by atoms with van der Waals surface area (Å²) in [5.74, 6) is -0.0834. The van der Waals surface area contributed by atoms with Gasteiger partial charge in [-0.2, -0.15) is 0 Å². The van der Waals surface area contributed by atoms with Crippen LogP contribution in [0.3, 0.4) is 0 Å². The van der Waals surface area contributed by atoms with Gasteiger partial charge in [-0.25, -0.2) is 0 Å². The second-order valence-electron chi connectivity index (χ2n) is 7.79. The molecule has 0 saturated heterocycles. The molecule has 7 nitrogen and oxygen atoms in total. The molecule has 3 aromatic rings. The van der Waals surface area contributed by atoms with Crippen molar-refractivity contribution in [3.63, 3.8) is 0 Å². The van der Waals surface area contributed by atoms with E-state index >= 15 is 0 Å². The van der Waals surface area contributed by atoms with Gasteiger partial charge in [0.05, 0.1) is 19.4 Å². The van der Waals surface area contributed by atoms with Crippen molar-refractivity contribution < 1.29 is 23.8 Å². The van der Waals surface area contributed by atoms with Gasteiger partial charge in [-0.3, -0.25) is 14.6 Å². The number of hydrogen-bond donors (Lipinski definition) is 1. The lowest BCUT2D eigenvalue weighted by Gasteiger charge is -2.26. The van der Waals surface area contributed by atoms with Crippen molar-refractivity contribution in [3.05, 3.63) is 89.7 Å². The highest BCUT2D eigenvalue weighted by Crippen LogP contribution is 2.36. The Morgan fingerprint density at radius 2 is 1.82 bits per heavy atom. The Labute approximate surface area is 192 Å². The first-order chi connectivity index (χ1) is 16.2. The first kappa shape index (κ1) is 22.3. The molecule has 2 heterocycles. The van der Waals surface area contributed by atoms with Crippen molar-refractivity contribution in [2.45, 2.75) is 24.7 Å². The molecule has 7 heteroatoms. The zero-order valence-electron chi connectivity index (χ0n) is 18.4. The Bertz CT molecular complexity index is 1090. The zero-order chi connectivity index (χ0) is 23.0. The van der Waals surface area contributed by atoms with Gasteiger partial charge in [-0.1, -0.05) is 42.5 Å². The summed E-state index contributed by atoms with van der Waals surface area (Å²) in [4.78, 5) is 29.9. The highest BCUT2D eigenvalue weighted by Gasteiger charge is 2.33. The average Bonchev–Trinajstić information content (AvgIpc) is 3.33. The maximum Gasteiger partial charge on any atom is 0.306 e. The quantitative estimate of drug-likeness (QED) is 0.506. The molecule has 0 spiro atoms. The van der Waals surface area contributed by atoms with Gasteiger partial charge in [0.1, 0.15) is 0 Å². The van der Waals surface area contributed by atoms with Crippen LogP contribution in [0.4, 0.5) is 0 Å². The first-order valence-corrected chi connectivity index (χ1v) is 10.8. The molecule has 1 aliphatic rings. The summed E-state index contributed by atoms with van der Waals surface area (Å²) in [5.41, 5.74) is 2.67. The number of ether oxygens (including phenoxy) is 3. The molecule has 1 aromatic heterocycles. The van der Waals surface area contributed by atoms with E-state index < -0.39 is 11.8 Å². The predicted molar refractivity (Wildman–Crippen MR) is 122 cm³/mol. The number of carbonyl (C=O) groups excluding carboxylic acids is 2. The fourth-order valence-corrected chi connectivity index (χ4v) is 4.05. The van der Waals surface area contributed by atoms with Gasteiger partial charge < -0.3 is 19.5 Å². The van der Waals surface area contributed by atoms with Crippen LogP contribution in [-0.2, 0) is 20.7 Å². The first-order valence-electron chi connectivity index (χ1n) is 10.8. The highest BCUT2D eigenvalue weighted by atomic mass is 16.7. The monoisotopic (exact) mass is 446 g/mol. The van der Waals surface area contributed by atoms with E-state index in [0.29, 0.717) is 18.7 Å². The molecule has 1 aliphatic heterocycles. The number of nitrogens with one attached hydrogen (secondary N) is 1. The van der Waals surface area contributed by atoms with Crippen LogP contribution in [0.15, 0.2) is 73.1 Å². The molecule has 4 rings (SSSR count). The third kappa shape index (κ3) is 5.49. The smallest absolute Gasteiger partial charge is 0.306 e. The van der Waals surface area contributed by atoms with Crippen LogP contribution >= 0.6 is 0 Å². The number of methoxy groups -OCH3 is 1. The Hall–Kier alpha value is -3.87. The summed E-state index contributed by atoms with van der Waals surface area (Å²) in [6.07, 6.45) is 4.05. The molecule has 170 valence electrons. The van der Waals surface area contributed by atoms with Crippen LogP contribution in [0, 0.1) is 0 Å².